The summed E-state index contributed by atoms with van der Waals surface area (Å²) < 4.78 is 0. The zero-order valence-corrected chi connectivity index (χ0v) is 10.4. The van der Waals surface area contributed by atoms with Crippen LogP contribution in [0.5, 0.6) is 0 Å². The maximum absolute atomic E-state index is 3.17. The van der Waals surface area contributed by atoms with Crippen molar-refractivity contribution in [3.05, 3.63) is 54.6 Å². The van der Waals surface area contributed by atoms with Gasteiger partial charge in [0.2, 0.25) is 0 Å². The van der Waals surface area contributed by atoms with E-state index in [1.165, 1.54) is 11.4 Å². The molecule has 0 aliphatic carbocycles. The molecule has 2 aromatic carbocycles. The fraction of sp³-hybridized carbons (Fsp3) is 0.200. The van der Waals surface area contributed by atoms with E-state index in [0.29, 0.717) is 0 Å². The van der Waals surface area contributed by atoms with Crippen LogP contribution in [0.3, 0.4) is 0 Å². The van der Waals surface area contributed by atoms with Crippen LogP contribution in [0.25, 0.3) is 0 Å². The van der Waals surface area contributed by atoms with Crippen molar-refractivity contribution in [2.45, 2.75) is 6.92 Å². The predicted octanol–water partition coefficient (Wildman–Crippen LogP) is 3.89. The van der Waals surface area contributed by atoms with Gasteiger partial charge in [-0.3, -0.25) is 0 Å². The van der Waals surface area contributed by atoms with Crippen molar-refractivity contribution < 1.29 is 0 Å². The van der Waals surface area contributed by atoms with Crippen LogP contribution in [0.2, 0.25) is 0 Å². The Morgan fingerprint density at radius 3 is 2.29 bits per heavy atom. The second-order valence-electron chi connectivity index (χ2n) is 3.88. The Labute approximate surface area is 103 Å². The van der Waals surface area contributed by atoms with Gasteiger partial charge < -0.3 is 10.2 Å². The molecule has 2 rings (SSSR count). The van der Waals surface area contributed by atoms with Crippen molar-refractivity contribution in [3.8, 4) is 0 Å². The highest BCUT2D eigenvalue weighted by Crippen LogP contribution is 2.26. The minimum absolute atomic E-state index is 0.956. The van der Waals surface area contributed by atoms with Crippen LogP contribution < -0.4 is 10.2 Å². The van der Waals surface area contributed by atoms with Crippen molar-refractivity contribution in [1.29, 1.82) is 0 Å². The molecule has 0 heterocycles. The summed E-state index contributed by atoms with van der Waals surface area (Å²) in [4.78, 5) is 2.29. The standard InChI is InChI=1S/C15H18N2/c1-3-17(14-9-5-4-6-10-14)15-11-7-8-13(12-15)16-2/h4-12,16H,3H2,1-2H3. The summed E-state index contributed by atoms with van der Waals surface area (Å²) in [6.45, 7) is 3.12. The number of hydrogen-bond donors (Lipinski definition) is 1. The molecule has 0 spiro atoms. The van der Waals surface area contributed by atoms with Crippen molar-refractivity contribution in [3.63, 3.8) is 0 Å². The van der Waals surface area contributed by atoms with Gasteiger partial charge in [0.05, 0.1) is 0 Å². The smallest absolute Gasteiger partial charge is 0.0431 e. The molecule has 0 aromatic heterocycles. The van der Waals surface area contributed by atoms with Crippen LogP contribution in [-0.4, -0.2) is 13.6 Å². The lowest BCUT2D eigenvalue weighted by Crippen LogP contribution is -2.15. The van der Waals surface area contributed by atoms with E-state index in [4.69, 9.17) is 0 Å². The Bertz CT molecular complexity index is 465. The average molecular weight is 226 g/mol. The topological polar surface area (TPSA) is 15.3 Å². The second kappa shape index (κ2) is 5.39. The van der Waals surface area contributed by atoms with Gasteiger partial charge in [-0.15, -0.1) is 0 Å². The first-order valence-corrected chi connectivity index (χ1v) is 5.95. The number of hydrogen-bond acceptors (Lipinski definition) is 2. The van der Waals surface area contributed by atoms with E-state index in [-0.39, 0.29) is 0 Å². The van der Waals surface area contributed by atoms with Crippen LogP contribution in [-0.2, 0) is 0 Å². The molecule has 0 saturated carbocycles. The third-order valence-electron chi connectivity index (χ3n) is 2.83. The Morgan fingerprint density at radius 2 is 1.65 bits per heavy atom. The molecule has 0 saturated heterocycles. The molecule has 0 aliphatic heterocycles. The third-order valence-corrected chi connectivity index (χ3v) is 2.83. The summed E-state index contributed by atoms with van der Waals surface area (Å²) in [7, 11) is 1.94. The summed E-state index contributed by atoms with van der Waals surface area (Å²) in [6.07, 6.45) is 0. The van der Waals surface area contributed by atoms with E-state index in [1.54, 1.807) is 0 Å². The van der Waals surface area contributed by atoms with Gasteiger partial charge in [-0.1, -0.05) is 24.3 Å². The minimum atomic E-state index is 0.956. The first-order valence-electron chi connectivity index (χ1n) is 5.95. The van der Waals surface area contributed by atoms with Gasteiger partial charge in [0.25, 0.3) is 0 Å². The monoisotopic (exact) mass is 226 g/mol. The van der Waals surface area contributed by atoms with Gasteiger partial charge in [0.1, 0.15) is 0 Å². The fourth-order valence-corrected chi connectivity index (χ4v) is 1.95. The van der Waals surface area contributed by atoms with Crippen LogP contribution >= 0.6 is 0 Å². The zero-order valence-electron chi connectivity index (χ0n) is 10.4. The quantitative estimate of drug-likeness (QED) is 0.851. The number of nitrogens with zero attached hydrogens (tertiary/aromatic N) is 1. The lowest BCUT2D eigenvalue weighted by Gasteiger charge is -2.23. The molecule has 88 valence electrons. The zero-order chi connectivity index (χ0) is 12.1. The number of benzene rings is 2. The molecular formula is C15H18N2. The van der Waals surface area contributed by atoms with E-state index < -0.39 is 0 Å². The molecule has 0 unspecified atom stereocenters. The van der Waals surface area contributed by atoms with Gasteiger partial charge >= 0.3 is 0 Å². The van der Waals surface area contributed by atoms with E-state index >= 15 is 0 Å². The largest absolute Gasteiger partial charge is 0.388 e. The summed E-state index contributed by atoms with van der Waals surface area (Å²) in [5, 5.41) is 3.17. The van der Waals surface area contributed by atoms with Gasteiger partial charge in [-0.2, -0.15) is 0 Å². The number of rotatable bonds is 4. The lowest BCUT2D eigenvalue weighted by molar-refractivity contribution is 1.02. The maximum atomic E-state index is 3.17. The maximum Gasteiger partial charge on any atom is 0.0431 e. The van der Waals surface area contributed by atoms with Gasteiger partial charge in [-0.05, 0) is 37.3 Å². The highest BCUT2D eigenvalue weighted by atomic mass is 15.1. The van der Waals surface area contributed by atoms with E-state index in [1.807, 2.05) is 13.1 Å². The van der Waals surface area contributed by atoms with Crippen LogP contribution in [0.4, 0.5) is 17.1 Å². The first kappa shape index (κ1) is 11.5. The highest BCUT2D eigenvalue weighted by molar-refractivity contribution is 5.67. The molecule has 2 heteroatoms. The van der Waals surface area contributed by atoms with Crippen LogP contribution in [0.1, 0.15) is 6.92 Å². The highest BCUT2D eigenvalue weighted by Gasteiger charge is 2.06. The van der Waals surface area contributed by atoms with Crippen LogP contribution in [0.15, 0.2) is 54.6 Å². The van der Waals surface area contributed by atoms with Crippen LogP contribution in [0, 0.1) is 0 Å². The molecule has 2 aromatic rings. The molecule has 0 fully saturated rings. The molecule has 0 atom stereocenters. The molecule has 0 radical (unpaired) electrons. The average Bonchev–Trinajstić information content (AvgIpc) is 2.41. The molecular weight excluding hydrogens is 208 g/mol. The lowest BCUT2D eigenvalue weighted by atomic mass is 10.2. The first-order chi connectivity index (χ1) is 8.35. The van der Waals surface area contributed by atoms with E-state index in [9.17, 15) is 0 Å². The van der Waals surface area contributed by atoms with E-state index in [0.717, 1.165) is 12.2 Å². The normalized spacial score (nSPS) is 10.0. The molecule has 1 N–H and O–H groups in total. The van der Waals surface area contributed by atoms with Gasteiger partial charge in [0.15, 0.2) is 0 Å². The Kier molecular flexibility index (Phi) is 3.66. The third kappa shape index (κ3) is 2.59. The van der Waals surface area contributed by atoms with Crippen molar-refractivity contribution in [2.75, 3.05) is 23.8 Å². The molecule has 17 heavy (non-hydrogen) atoms. The summed E-state index contributed by atoms with van der Waals surface area (Å²) in [6, 6.07) is 18.9. The molecule has 0 amide bonds. The Balaban J connectivity index is 2.35. The second-order valence-corrected chi connectivity index (χ2v) is 3.88. The predicted molar refractivity (Wildman–Crippen MR) is 75.1 cm³/mol. The minimum Gasteiger partial charge on any atom is -0.388 e. The van der Waals surface area contributed by atoms with Gasteiger partial charge in [0, 0.05) is 30.7 Å². The molecule has 2 nitrogen and oxygen atoms in total. The van der Waals surface area contributed by atoms with Gasteiger partial charge in [-0.25, -0.2) is 0 Å². The summed E-state index contributed by atoms with van der Waals surface area (Å²) in [5.41, 5.74) is 3.57. The van der Waals surface area contributed by atoms with Crippen molar-refractivity contribution >= 4 is 17.1 Å². The summed E-state index contributed by atoms with van der Waals surface area (Å²) in [5.74, 6) is 0. The SMILES string of the molecule is CCN(c1ccccc1)c1cccc(NC)c1. The summed E-state index contributed by atoms with van der Waals surface area (Å²) >= 11 is 0. The number of anilines is 3. The Hall–Kier alpha value is -1.96. The molecule has 0 aliphatic rings. The Morgan fingerprint density at radius 1 is 0.941 bits per heavy atom. The van der Waals surface area contributed by atoms with E-state index in [2.05, 4.69) is 65.7 Å². The van der Waals surface area contributed by atoms with Crippen molar-refractivity contribution in [2.24, 2.45) is 0 Å². The molecule has 0 bridgehead atoms. The van der Waals surface area contributed by atoms with Crippen molar-refractivity contribution in [1.82, 2.24) is 0 Å². The number of nitrogens with one attached hydrogen (secondary N) is 1. The fourth-order valence-electron chi connectivity index (χ4n) is 1.95. The number of para-hydroxylation sites is 1.